The Kier molecular flexibility index (Phi) is 8.91. The Balaban J connectivity index is 2.45. The maximum absolute atomic E-state index is 11.2. The molecule has 5 heteroatoms. The number of ether oxygens (including phenoxy) is 2. The summed E-state index contributed by atoms with van der Waals surface area (Å²) in [5.74, 6) is -0.372. The molecule has 0 amide bonds. The van der Waals surface area contributed by atoms with E-state index >= 15 is 0 Å². The highest BCUT2D eigenvalue weighted by molar-refractivity contribution is 5.69. The number of nitrogens with zero attached hydrogens (tertiary/aromatic N) is 1. The Morgan fingerprint density at radius 3 is 1.86 bits per heavy atom. The lowest BCUT2D eigenvalue weighted by molar-refractivity contribution is -0.141. The SMILES string of the molecule is COC(=O)CCCN(CCCC(=O)OC)Cc1ccccc1. The number of carbonyl (C=O) groups is 2. The molecule has 1 aromatic rings. The Hall–Kier alpha value is -1.88. The Morgan fingerprint density at radius 1 is 0.909 bits per heavy atom. The van der Waals surface area contributed by atoms with Crippen molar-refractivity contribution in [2.45, 2.75) is 32.2 Å². The van der Waals surface area contributed by atoms with Gasteiger partial charge in [0.1, 0.15) is 0 Å². The van der Waals surface area contributed by atoms with Crippen molar-refractivity contribution in [1.29, 1.82) is 0 Å². The van der Waals surface area contributed by atoms with Gasteiger partial charge in [-0.1, -0.05) is 30.3 Å². The average molecular weight is 307 g/mol. The highest BCUT2D eigenvalue weighted by Gasteiger charge is 2.09. The van der Waals surface area contributed by atoms with E-state index in [-0.39, 0.29) is 11.9 Å². The molecule has 0 radical (unpaired) electrons. The fourth-order valence-electron chi connectivity index (χ4n) is 2.21. The summed E-state index contributed by atoms with van der Waals surface area (Å²) in [5.41, 5.74) is 1.22. The molecule has 0 saturated heterocycles. The van der Waals surface area contributed by atoms with E-state index in [0.717, 1.165) is 32.5 Å². The van der Waals surface area contributed by atoms with Crippen molar-refractivity contribution in [1.82, 2.24) is 4.90 Å². The standard InChI is InChI=1S/C17H25NO4/c1-21-16(19)10-6-12-18(13-7-11-17(20)22-2)14-15-8-4-3-5-9-15/h3-5,8-9H,6-7,10-14H2,1-2H3. The van der Waals surface area contributed by atoms with Crippen LogP contribution in [-0.4, -0.2) is 44.1 Å². The summed E-state index contributed by atoms with van der Waals surface area (Å²) in [7, 11) is 2.81. The average Bonchev–Trinajstić information content (AvgIpc) is 2.55. The summed E-state index contributed by atoms with van der Waals surface area (Å²) in [6.07, 6.45) is 2.33. The normalized spacial score (nSPS) is 10.5. The number of carbonyl (C=O) groups excluding carboxylic acids is 2. The van der Waals surface area contributed by atoms with Crippen LogP contribution in [0.25, 0.3) is 0 Å². The molecular formula is C17H25NO4. The molecule has 0 atom stereocenters. The molecule has 5 nitrogen and oxygen atoms in total. The second-order valence-electron chi connectivity index (χ2n) is 5.12. The molecular weight excluding hydrogens is 282 g/mol. The minimum Gasteiger partial charge on any atom is -0.469 e. The van der Waals surface area contributed by atoms with Gasteiger partial charge in [-0.2, -0.15) is 0 Å². The van der Waals surface area contributed by atoms with Crippen molar-refractivity contribution in [3.05, 3.63) is 35.9 Å². The van der Waals surface area contributed by atoms with E-state index in [4.69, 9.17) is 0 Å². The Labute approximate surface area is 132 Å². The zero-order valence-corrected chi connectivity index (χ0v) is 13.4. The number of rotatable bonds is 10. The zero-order chi connectivity index (χ0) is 16.2. The summed E-state index contributed by atoms with van der Waals surface area (Å²) in [6.45, 7) is 2.40. The van der Waals surface area contributed by atoms with Gasteiger partial charge in [0, 0.05) is 19.4 Å². The summed E-state index contributed by atoms with van der Waals surface area (Å²) >= 11 is 0. The number of methoxy groups -OCH3 is 2. The first kappa shape index (κ1) is 18.2. The first-order valence-electron chi connectivity index (χ1n) is 7.55. The van der Waals surface area contributed by atoms with E-state index in [1.54, 1.807) is 0 Å². The van der Waals surface area contributed by atoms with Crippen molar-refractivity contribution < 1.29 is 19.1 Å². The van der Waals surface area contributed by atoms with Crippen LogP contribution in [0.5, 0.6) is 0 Å². The largest absolute Gasteiger partial charge is 0.469 e. The molecule has 1 aromatic carbocycles. The molecule has 0 N–H and O–H groups in total. The molecule has 22 heavy (non-hydrogen) atoms. The minimum absolute atomic E-state index is 0.186. The zero-order valence-electron chi connectivity index (χ0n) is 13.4. The third kappa shape index (κ3) is 7.78. The van der Waals surface area contributed by atoms with Crippen molar-refractivity contribution in [3.8, 4) is 0 Å². The van der Waals surface area contributed by atoms with E-state index in [1.807, 2.05) is 18.2 Å². The fourth-order valence-corrected chi connectivity index (χ4v) is 2.21. The third-order valence-corrected chi connectivity index (χ3v) is 3.41. The van der Waals surface area contributed by atoms with Gasteiger partial charge in [0.15, 0.2) is 0 Å². The predicted molar refractivity (Wildman–Crippen MR) is 84.2 cm³/mol. The van der Waals surface area contributed by atoms with Gasteiger partial charge in [0.05, 0.1) is 14.2 Å². The number of hydrogen-bond donors (Lipinski definition) is 0. The lowest BCUT2D eigenvalue weighted by Gasteiger charge is -2.22. The molecule has 0 bridgehead atoms. The van der Waals surface area contributed by atoms with Crippen LogP contribution in [0.1, 0.15) is 31.2 Å². The maximum atomic E-state index is 11.2. The van der Waals surface area contributed by atoms with Crippen LogP contribution in [0.15, 0.2) is 30.3 Å². The second kappa shape index (κ2) is 10.8. The maximum Gasteiger partial charge on any atom is 0.305 e. The number of benzene rings is 1. The van der Waals surface area contributed by atoms with E-state index in [0.29, 0.717) is 12.8 Å². The fraction of sp³-hybridized carbons (Fsp3) is 0.529. The van der Waals surface area contributed by atoms with E-state index in [1.165, 1.54) is 19.8 Å². The lowest BCUT2D eigenvalue weighted by Crippen LogP contribution is -2.26. The van der Waals surface area contributed by atoms with Gasteiger partial charge in [-0.3, -0.25) is 14.5 Å². The third-order valence-electron chi connectivity index (χ3n) is 3.41. The van der Waals surface area contributed by atoms with E-state index in [2.05, 4.69) is 26.5 Å². The van der Waals surface area contributed by atoms with Crippen molar-refractivity contribution in [3.63, 3.8) is 0 Å². The first-order chi connectivity index (χ1) is 10.7. The molecule has 0 saturated carbocycles. The molecule has 1 rings (SSSR count). The molecule has 0 aliphatic carbocycles. The highest BCUT2D eigenvalue weighted by Crippen LogP contribution is 2.08. The van der Waals surface area contributed by atoms with Crippen LogP contribution in [0.4, 0.5) is 0 Å². The highest BCUT2D eigenvalue weighted by atomic mass is 16.5. The van der Waals surface area contributed by atoms with Crippen LogP contribution >= 0.6 is 0 Å². The number of hydrogen-bond acceptors (Lipinski definition) is 5. The van der Waals surface area contributed by atoms with Crippen LogP contribution in [-0.2, 0) is 25.6 Å². The van der Waals surface area contributed by atoms with Crippen molar-refractivity contribution in [2.24, 2.45) is 0 Å². The molecule has 0 aliphatic rings. The lowest BCUT2D eigenvalue weighted by atomic mass is 10.2. The van der Waals surface area contributed by atoms with Crippen LogP contribution in [0.2, 0.25) is 0 Å². The van der Waals surface area contributed by atoms with Gasteiger partial charge >= 0.3 is 11.9 Å². The van der Waals surface area contributed by atoms with E-state index in [9.17, 15) is 9.59 Å². The minimum atomic E-state index is -0.186. The van der Waals surface area contributed by atoms with Gasteiger partial charge in [-0.15, -0.1) is 0 Å². The van der Waals surface area contributed by atoms with Crippen LogP contribution < -0.4 is 0 Å². The molecule has 0 aromatic heterocycles. The van der Waals surface area contributed by atoms with E-state index < -0.39 is 0 Å². The molecule has 0 aliphatic heterocycles. The Bertz CT molecular complexity index is 425. The molecule has 0 heterocycles. The predicted octanol–water partition coefficient (Wildman–Crippen LogP) is 2.39. The first-order valence-corrected chi connectivity index (χ1v) is 7.55. The number of esters is 2. The molecule has 0 fully saturated rings. The second-order valence-corrected chi connectivity index (χ2v) is 5.12. The summed E-state index contributed by atoms with van der Waals surface area (Å²) in [5, 5.41) is 0. The summed E-state index contributed by atoms with van der Waals surface area (Å²) in [4.78, 5) is 24.6. The van der Waals surface area contributed by atoms with Crippen molar-refractivity contribution in [2.75, 3.05) is 27.3 Å². The van der Waals surface area contributed by atoms with Crippen LogP contribution in [0, 0.1) is 0 Å². The quantitative estimate of drug-likeness (QED) is 0.621. The van der Waals surface area contributed by atoms with Gasteiger partial charge in [-0.25, -0.2) is 0 Å². The summed E-state index contributed by atoms with van der Waals surface area (Å²) < 4.78 is 9.32. The van der Waals surface area contributed by atoms with Gasteiger partial charge in [0.25, 0.3) is 0 Å². The monoisotopic (exact) mass is 307 g/mol. The topological polar surface area (TPSA) is 55.8 Å². The van der Waals surface area contributed by atoms with Gasteiger partial charge in [-0.05, 0) is 31.5 Å². The van der Waals surface area contributed by atoms with Crippen molar-refractivity contribution >= 4 is 11.9 Å². The van der Waals surface area contributed by atoms with Gasteiger partial charge < -0.3 is 9.47 Å². The van der Waals surface area contributed by atoms with Gasteiger partial charge in [0.2, 0.25) is 0 Å². The Morgan fingerprint density at radius 2 is 1.41 bits per heavy atom. The molecule has 0 spiro atoms. The molecule has 122 valence electrons. The smallest absolute Gasteiger partial charge is 0.305 e. The summed E-state index contributed by atoms with van der Waals surface area (Å²) in [6, 6.07) is 10.2. The van der Waals surface area contributed by atoms with Crippen LogP contribution in [0.3, 0.4) is 0 Å². The molecule has 0 unspecified atom stereocenters.